The molecule has 1 rings (SSSR count). The minimum absolute atomic E-state index is 0.203. The Labute approximate surface area is 98.4 Å². The topological polar surface area (TPSA) is 23.5 Å². The van der Waals surface area contributed by atoms with E-state index < -0.39 is 0 Å². The molecule has 0 spiro atoms. The van der Waals surface area contributed by atoms with Crippen molar-refractivity contribution >= 4 is 11.8 Å². The van der Waals surface area contributed by atoms with E-state index in [2.05, 4.69) is 18.7 Å². The van der Waals surface area contributed by atoms with E-state index >= 15 is 0 Å². The van der Waals surface area contributed by atoms with Crippen molar-refractivity contribution in [3.63, 3.8) is 0 Å². The van der Waals surface area contributed by atoms with Gasteiger partial charge in [0.1, 0.15) is 0 Å². The molecule has 1 N–H and O–H groups in total. The molecule has 0 amide bonds. The summed E-state index contributed by atoms with van der Waals surface area (Å²) in [7, 11) is 0. The van der Waals surface area contributed by atoms with Gasteiger partial charge in [0.25, 0.3) is 0 Å². The third-order valence-electron chi connectivity index (χ3n) is 3.41. The number of nitrogens with zero attached hydrogens (tertiary/aromatic N) is 1. The van der Waals surface area contributed by atoms with E-state index in [4.69, 9.17) is 0 Å². The minimum Gasteiger partial charge on any atom is -0.396 e. The molecule has 1 heterocycles. The fourth-order valence-electron chi connectivity index (χ4n) is 2.01. The Hall–Kier alpha value is 0.270. The third-order valence-corrected chi connectivity index (χ3v) is 4.40. The van der Waals surface area contributed by atoms with Crippen molar-refractivity contribution in [1.82, 2.24) is 4.90 Å². The fraction of sp³-hybridized carbons (Fsp3) is 1.00. The average molecular weight is 231 g/mol. The van der Waals surface area contributed by atoms with E-state index in [0.29, 0.717) is 6.61 Å². The van der Waals surface area contributed by atoms with Crippen LogP contribution in [0.2, 0.25) is 0 Å². The zero-order chi connectivity index (χ0) is 11.1. The number of aliphatic hydroxyl groups is 1. The molecule has 0 aromatic heterocycles. The maximum Gasteiger partial charge on any atom is 0.0485 e. The number of hydrogen-bond donors (Lipinski definition) is 1. The van der Waals surface area contributed by atoms with E-state index in [1.54, 1.807) is 0 Å². The predicted molar refractivity (Wildman–Crippen MR) is 68.5 cm³/mol. The molecule has 2 nitrogen and oxygen atoms in total. The van der Waals surface area contributed by atoms with E-state index in [9.17, 15) is 5.11 Å². The molecule has 0 radical (unpaired) electrons. The van der Waals surface area contributed by atoms with Crippen LogP contribution in [0, 0.1) is 5.41 Å². The third kappa shape index (κ3) is 4.75. The second-order valence-corrected chi connectivity index (χ2v) is 6.25. The van der Waals surface area contributed by atoms with Crippen LogP contribution in [0.25, 0.3) is 0 Å². The minimum atomic E-state index is 0.203. The van der Waals surface area contributed by atoms with Crippen LogP contribution in [-0.4, -0.2) is 47.8 Å². The van der Waals surface area contributed by atoms with Crippen LogP contribution in [0.4, 0.5) is 0 Å². The lowest BCUT2D eigenvalue weighted by molar-refractivity contribution is 0.0589. The maximum atomic E-state index is 9.26. The van der Waals surface area contributed by atoms with E-state index in [-0.39, 0.29) is 5.41 Å². The standard InChI is InChI=1S/C12H25NOS/c1-3-15-10-4-7-13-8-5-12(2,11-14)6-9-13/h14H,3-11H2,1-2H3. The number of likely N-dealkylation sites (tertiary alicyclic amines) is 1. The lowest BCUT2D eigenvalue weighted by Crippen LogP contribution is -2.40. The molecule has 0 aliphatic carbocycles. The van der Waals surface area contributed by atoms with Gasteiger partial charge < -0.3 is 10.0 Å². The van der Waals surface area contributed by atoms with Gasteiger partial charge in [0.2, 0.25) is 0 Å². The summed E-state index contributed by atoms with van der Waals surface area (Å²) in [6.07, 6.45) is 3.63. The molecule has 0 bridgehead atoms. The number of piperidine rings is 1. The van der Waals surface area contributed by atoms with Crippen molar-refractivity contribution in [2.45, 2.75) is 33.1 Å². The molecule has 1 saturated heterocycles. The first-order valence-electron chi connectivity index (χ1n) is 6.11. The second-order valence-electron chi connectivity index (χ2n) is 4.86. The molecule has 3 heteroatoms. The van der Waals surface area contributed by atoms with Crippen LogP contribution < -0.4 is 0 Å². The Balaban J connectivity index is 2.09. The second kappa shape index (κ2) is 6.77. The van der Waals surface area contributed by atoms with Gasteiger partial charge in [-0.3, -0.25) is 0 Å². The summed E-state index contributed by atoms with van der Waals surface area (Å²) in [6.45, 7) is 8.37. The Morgan fingerprint density at radius 2 is 2.00 bits per heavy atom. The van der Waals surface area contributed by atoms with Crippen LogP contribution >= 0.6 is 11.8 Å². The molecule has 0 atom stereocenters. The number of aliphatic hydroxyl groups excluding tert-OH is 1. The molecule has 15 heavy (non-hydrogen) atoms. The molecule has 1 aliphatic rings. The summed E-state index contributed by atoms with van der Waals surface area (Å²) in [5.74, 6) is 2.53. The van der Waals surface area contributed by atoms with Gasteiger partial charge in [-0.1, -0.05) is 13.8 Å². The van der Waals surface area contributed by atoms with Crippen molar-refractivity contribution in [1.29, 1.82) is 0 Å². The largest absolute Gasteiger partial charge is 0.396 e. The zero-order valence-corrected chi connectivity index (χ0v) is 11.0. The normalized spacial score (nSPS) is 21.8. The number of hydrogen-bond acceptors (Lipinski definition) is 3. The molecule has 0 aromatic carbocycles. The SMILES string of the molecule is CCSCCCN1CCC(C)(CO)CC1. The smallest absolute Gasteiger partial charge is 0.0485 e. The Kier molecular flexibility index (Phi) is 6.02. The molecule has 0 aromatic rings. The van der Waals surface area contributed by atoms with Crippen LogP contribution in [0.1, 0.15) is 33.1 Å². The highest BCUT2D eigenvalue weighted by Crippen LogP contribution is 2.29. The molecule has 90 valence electrons. The molecular weight excluding hydrogens is 206 g/mol. The Bertz CT molecular complexity index is 167. The van der Waals surface area contributed by atoms with Gasteiger partial charge in [0.15, 0.2) is 0 Å². The van der Waals surface area contributed by atoms with Gasteiger partial charge in [0.05, 0.1) is 0 Å². The van der Waals surface area contributed by atoms with Gasteiger partial charge in [-0.2, -0.15) is 11.8 Å². The highest BCUT2D eigenvalue weighted by atomic mass is 32.2. The summed E-state index contributed by atoms with van der Waals surface area (Å²) < 4.78 is 0. The molecule has 1 aliphatic heterocycles. The van der Waals surface area contributed by atoms with Crippen LogP contribution in [-0.2, 0) is 0 Å². The summed E-state index contributed by atoms with van der Waals surface area (Å²) in [5.41, 5.74) is 0.203. The van der Waals surface area contributed by atoms with Crippen molar-refractivity contribution in [3.05, 3.63) is 0 Å². The summed E-state index contributed by atoms with van der Waals surface area (Å²) >= 11 is 2.03. The van der Waals surface area contributed by atoms with Crippen LogP contribution in [0.5, 0.6) is 0 Å². The molecular formula is C12H25NOS. The Morgan fingerprint density at radius 1 is 1.33 bits per heavy atom. The first-order chi connectivity index (χ1) is 7.20. The number of rotatable bonds is 6. The van der Waals surface area contributed by atoms with Crippen molar-refractivity contribution in [3.8, 4) is 0 Å². The quantitative estimate of drug-likeness (QED) is 0.709. The van der Waals surface area contributed by atoms with Crippen LogP contribution in [0.15, 0.2) is 0 Å². The average Bonchev–Trinajstić information content (AvgIpc) is 2.27. The maximum absolute atomic E-state index is 9.26. The van der Waals surface area contributed by atoms with Gasteiger partial charge >= 0.3 is 0 Å². The van der Waals surface area contributed by atoms with Crippen molar-refractivity contribution in [2.24, 2.45) is 5.41 Å². The molecule has 1 fully saturated rings. The van der Waals surface area contributed by atoms with Crippen molar-refractivity contribution < 1.29 is 5.11 Å². The highest BCUT2D eigenvalue weighted by Gasteiger charge is 2.28. The van der Waals surface area contributed by atoms with E-state index in [1.807, 2.05) is 11.8 Å². The van der Waals surface area contributed by atoms with Crippen molar-refractivity contribution in [2.75, 3.05) is 37.7 Å². The van der Waals surface area contributed by atoms with E-state index in [0.717, 1.165) is 12.8 Å². The number of thioether (sulfide) groups is 1. The zero-order valence-electron chi connectivity index (χ0n) is 10.2. The van der Waals surface area contributed by atoms with Gasteiger partial charge in [-0.05, 0) is 55.8 Å². The lowest BCUT2D eigenvalue weighted by Gasteiger charge is -2.38. The van der Waals surface area contributed by atoms with Gasteiger partial charge in [-0.25, -0.2) is 0 Å². The monoisotopic (exact) mass is 231 g/mol. The highest BCUT2D eigenvalue weighted by molar-refractivity contribution is 7.99. The summed E-state index contributed by atoms with van der Waals surface area (Å²) in [4.78, 5) is 2.55. The Morgan fingerprint density at radius 3 is 2.53 bits per heavy atom. The molecule has 0 unspecified atom stereocenters. The van der Waals surface area contributed by atoms with Gasteiger partial charge in [-0.15, -0.1) is 0 Å². The molecule has 0 saturated carbocycles. The summed E-state index contributed by atoms with van der Waals surface area (Å²) in [5, 5.41) is 9.26. The predicted octanol–water partition coefficient (Wildman–Crippen LogP) is 2.22. The van der Waals surface area contributed by atoms with Crippen LogP contribution in [0.3, 0.4) is 0 Å². The lowest BCUT2D eigenvalue weighted by atomic mass is 9.81. The first kappa shape index (κ1) is 13.3. The van der Waals surface area contributed by atoms with E-state index in [1.165, 1.54) is 37.6 Å². The first-order valence-corrected chi connectivity index (χ1v) is 7.26. The van der Waals surface area contributed by atoms with Gasteiger partial charge in [0, 0.05) is 6.61 Å². The summed E-state index contributed by atoms with van der Waals surface area (Å²) in [6, 6.07) is 0. The fourth-order valence-corrected chi connectivity index (χ4v) is 2.63.